The highest BCUT2D eigenvalue weighted by molar-refractivity contribution is 5.92. The highest BCUT2D eigenvalue weighted by atomic mass is 15.1. The Bertz CT molecular complexity index is 743. The van der Waals surface area contributed by atoms with Crippen LogP contribution in [0.5, 0.6) is 0 Å². The fraction of sp³-hybridized carbons (Fsp3) is 0.182. The van der Waals surface area contributed by atoms with Crippen molar-refractivity contribution in [2.75, 3.05) is 18.0 Å². The number of hydrogen-bond donors (Lipinski definition) is 0. The van der Waals surface area contributed by atoms with E-state index in [1.807, 2.05) is 0 Å². The zero-order valence-corrected chi connectivity index (χ0v) is 13.9. The van der Waals surface area contributed by atoms with E-state index in [0.29, 0.717) is 0 Å². The van der Waals surface area contributed by atoms with Crippen LogP contribution in [0.4, 0.5) is 5.69 Å². The first-order chi connectivity index (χ1) is 11.3. The van der Waals surface area contributed by atoms with Crippen molar-refractivity contribution in [3.05, 3.63) is 78.9 Å². The van der Waals surface area contributed by atoms with Gasteiger partial charge >= 0.3 is 0 Å². The molecule has 0 unspecified atom stereocenters. The molecule has 3 rings (SSSR count). The van der Waals surface area contributed by atoms with Crippen molar-refractivity contribution >= 4 is 5.69 Å². The maximum absolute atomic E-state index is 2.43. The van der Waals surface area contributed by atoms with Gasteiger partial charge in [0.25, 0.3) is 0 Å². The molecule has 0 saturated carbocycles. The summed E-state index contributed by atoms with van der Waals surface area (Å²) in [5.41, 5.74) is 6.46. The van der Waals surface area contributed by atoms with Crippen molar-refractivity contribution in [1.82, 2.24) is 0 Å². The summed E-state index contributed by atoms with van der Waals surface area (Å²) in [7, 11) is 0. The summed E-state index contributed by atoms with van der Waals surface area (Å²) in [6.45, 7) is 6.45. The number of hydrogen-bond acceptors (Lipinski definition) is 1. The van der Waals surface area contributed by atoms with Gasteiger partial charge in [-0.3, -0.25) is 0 Å². The second kappa shape index (κ2) is 7.15. The van der Waals surface area contributed by atoms with E-state index in [2.05, 4.69) is 97.6 Å². The molecule has 0 heterocycles. The van der Waals surface area contributed by atoms with Gasteiger partial charge in [0.05, 0.1) is 0 Å². The van der Waals surface area contributed by atoms with Crippen molar-refractivity contribution in [3.63, 3.8) is 0 Å². The highest BCUT2D eigenvalue weighted by Gasteiger charge is 2.15. The van der Waals surface area contributed by atoms with Crippen molar-refractivity contribution in [2.45, 2.75) is 13.8 Å². The van der Waals surface area contributed by atoms with Gasteiger partial charge in [0.2, 0.25) is 0 Å². The maximum atomic E-state index is 2.43. The van der Waals surface area contributed by atoms with Crippen molar-refractivity contribution in [3.8, 4) is 22.3 Å². The number of nitrogens with zero attached hydrogens (tertiary/aromatic N) is 1. The van der Waals surface area contributed by atoms with Gasteiger partial charge in [0.1, 0.15) is 0 Å². The standard InChI is InChI=1S/C22H23N/c1-3-23(4-2)21-17-11-16-20(18-12-7-5-8-13-18)22(21)19-14-9-6-10-15-19/h5-17H,3-4H2,1-2H3. The Balaban J connectivity index is 2.27. The van der Waals surface area contributed by atoms with Gasteiger partial charge in [-0.25, -0.2) is 0 Å². The average molecular weight is 301 g/mol. The molecule has 3 aromatic carbocycles. The van der Waals surface area contributed by atoms with Crippen LogP contribution in [0.15, 0.2) is 78.9 Å². The van der Waals surface area contributed by atoms with Gasteiger partial charge in [-0.2, -0.15) is 0 Å². The van der Waals surface area contributed by atoms with Crippen LogP contribution in [-0.2, 0) is 0 Å². The van der Waals surface area contributed by atoms with E-state index in [4.69, 9.17) is 0 Å². The second-order valence-electron chi connectivity index (χ2n) is 5.60. The third-order valence-corrected chi connectivity index (χ3v) is 4.29. The molecule has 3 aromatic rings. The van der Waals surface area contributed by atoms with E-state index in [1.54, 1.807) is 0 Å². The topological polar surface area (TPSA) is 3.24 Å². The van der Waals surface area contributed by atoms with Crippen molar-refractivity contribution < 1.29 is 0 Å². The van der Waals surface area contributed by atoms with E-state index in [9.17, 15) is 0 Å². The molecule has 0 atom stereocenters. The minimum atomic E-state index is 1.01. The van der Waals surface area contributed by atoms with E-state index in [0.717, 1.165) is 13.1 Å². The minimum Gasteiger partial charge on any atom is -0.372 e. The Hall–Kier alpha value is -2.54. The van der Waals surface area contributed by atoms with Gasteiger partial charge in [0, 0.05) is 24.3 Å². The Morgan fingerprint density at radius 1 is 0.609 bits per heavy atom. The zero-order chi connectivity index (χ0) is 16.1. The summed E-state index contributed by atoms with van der Waals surface area (Å²) in [6, 6.07) is 28.0. The molecular weight excluding hydrogens is 278 g/mol. The van der Waals surface area contributed by atoms with Gasteiger partial charge in [-0.1, -0.05) is 72.8 Å². The van der Waals surface area contributed by atoms with Crippen molar-refractivity contribution in [2.24, 2.45) is 0 Å². The fourth-order valence-corrected chi connectivity index (χ4v) is 3.13. The molecule has 0 N–H and O–H groups in total. The molecular formula is C22H23N. The first-order valence-electron chi connectivity index (χ1n) is 8.34. The molecule has 0 spiro atoms. The third kappa shape index (κ3) is 3.14. The smallest absolute Gasteiger partial charge is 0.0452 e. The van der Waals surface area contributed by atoms with Crippen LogP contribution in [0, 0.1) is 0 Å². The lowest BCUT2D eigenvalue weighted by Crippen LogP contribution is -2.22. The van der Waals surface area contributed by atoms with Crippen LogP contribution >= 0.6 is 0 Å². The normalized spacial score (nSPS) is 10.5. The van der Waals surface area contributed by atoms with Crippen LogP contribution < -0.4 is 4.90 Å². The zero-order valence-electron chi connectivity index (χ0n) is 13.9. The predicted molar refractivity (Wildman–Crippen MR) is 101 cm³/mol. The minimum absolute atomic E-state index is 1.01. The van der Waals surface area contributed by atoms with Gasteiger partial charge in [0.15, 0.2) is 0 Å². The first-order valence-corrected chi connectivity index (χ1v) is 8.34. The molecule has 0 saturated heterocycles. The molecule has 0 fully saturated rings. The Kier molecular flexibility index (Phi) is 4.77. The molecule has 1 heteroatoms. The maximum Gasteiger partial charge on any atom is 0.0452 e. The Morgan fingerprint density at radius 2 is 1.17 bits per heavy atom. The van der Waals surface area contributed by atoms with Gasteiger partial charge in [-0.15, -0.1) is 0 Å². The van der Waals surface area contributed by atoms with Crippen LogP contribution in [0.2, 0.25) is 0 Å². The Morgan fingerprint density at radius 3 is 1.74 bits per heavy atom. The van der Waals surface area contributed by atoms with E-state index >= 15 is 0 Å². The molecule has 23 heavy (non-hydrogen) atoms. The van der Waals surface area contributed by atoms with Crippen LogP contribution in [0.1, 0.15) is 13.8 Å². The SMILES string of the molecule is CCN(CC)c1cccc(-c2ccccc2)c1-c1ccccc1. The summed E-state index contributed by atoms with van der Waals surface area (Å²) < 4.78 is 0. The van der Waals surface area contributed by atoms with E-state index in [1.165, 1.54) is 27.9 Å². The number of rotatable bonds is 5. The molecule has 0 aromatic heterocycles. The summed E-state index contributed by atoms with van der Waals surface area (Å²) in [5, 5.41) is 0. The van der Waals surface area contributed by atoms with Crippen molar-refractivity contribution in [1.29, 1.82) is 0 Å². The van der Waals surface area contributed by atoms with Gasteiger partial charge < -0.3 is 4.90 Å². The molecule has 116 valence electrons. The average Bonchev–Trinajstić information content (AvgIpc) is 2.64. The molecule has 0 aliphatic carbocycles. The molecule has 0 aliphatic heterocycles. The van der Waals surface area contributed by atoms with Gasteiger partial charge in [-0.05, 0) is 36.6 Å². The predicted octanol–water partition coefficient (Wildman–Crippen LogP) is 5.87. The molecule has 0 bridgehead atoms. The highest BCUT2D eigenvalue weighted by Crippen LogP contribution is 2.39. The van der Waals surface area contributed by atoms with Crippen LogP contribution in [-0.4, -0.2) is 13.1 Å². The number of anilines is 1. The lowest BCUT2D eigenvalue weighted by atomic mass is 9.92. The summed E-state index contributed by atoms with van der Waals surface area (Å²) >= 11 is 0. The quantitative estimate of drug-likeness (QED) is 0.570. The van der Waals surface area contributed by atoms with Crippen LogP contribution in [0.3, 0.4) is 0 Å². The largest absolute Gasteiger partial charge is 0.372 e. The molecule has 0 aliphatic rings. The fourth-order valence-electron chi connectivity index (χ4n) is 3.13. The first kappa shape index (κ1) is 15.4. The van der Waals surface area contributed by atoms with E-state index in [-0.39, 0.29) is 0 Å². The second-order valence-corrected chi connectivity index (χ2v) is 5.60. The molecule has 0 amide bonds. The molecule has 0 radical (unpaired) electrons. The molecule has 1 nitrogen and oxygen atoms in total. The Labute approximate surface area is 139 Å². The monoisotopic (exact) mass is 301 g/mol. The number of benzene rings is 3. The summed E-state index contributed by atoms with van der Waals surface area (Å²) in [4.78, 5) is 2.43. The summed E-state index contributed by atoms with van der Waals surface area (Å²) in [6.07, 6.45) is 0. The summed E-state index contributed by atoms with van der Waals surface area (Å²) in [5.74, 6) is 0. The third-order valence-electron chi connectivity index (χ3n) is 4.29. The lowest BCUT2D eigenvalue weighted by Gasteiger charge is -2.26. The van der Waals surface area contributed by atoms with E-state index < -0.39 is 0 Å². The van der Waals surface area contributed by atoms with Crippen LogP contribution in [0.25, 0.3) is 22.3 Å². The lowest BCUT2D eigenvalue weighted by molar-refractivity contribution is 0.867.